The van der Waals surface area contributed by atoms with E-state index in [1.165, 1.54) is 0 Å². The predicted molar refractivity (Wildman–Crippen MR) is 101 cm³/mol. The molecule has 1 unspecified atom stereocenters. The third-order valence-corrected chi connectivity index (χ3v) is 4.38. The van der Waals surface area contributed by atoms with Crippen LogP contribution >= 0.6 is 12.8 Å². The van der Waals surface area contributed by atoms with E-state index in [-0.39, 0.29) is 0 Å². The molecule has 0 aliphatic carbocycles. The molecule has 0 aliphatic heterocycles. The van der Waals surface area contributed by atoms with E-state index in [4.69, 9.17) is 9.47 Å². The number of imidazole rings is 1. The number of hydrogen-bond donors (Lipinski definition) is 2. The summed E-state index contributed by atoms with van der Waals surface area (Å²) in [5.41, 5.74) is 3.41. The fraction of sp³-hybridized carbons (Fsp3) is 0.211. The molecule has 0 amide bonds. The minimum Gasteiger partial charge on any atom is -0.497 e. The van der Waals surface area contributed by atoms with Gasteiger partial charge in [0.15, 0.2) is 0 Å². The zero-order valence-electron chi connectivity index (χ0n) is 14.3. The van der Waals surface area contributed by atoms with Crippen LogP contribution in [0.3, 0.4) is 0 Å². The number of benzene rings is 2. The number of hydrogen-bond acceptors (Lipinski definition) is 5. The van der Waals surface area contributed by atoms with Crippen LogP contribution in [0.2, 0.25) is 0 Å². The Morgan fingerprint density at radius 1 is 0.920 bits per heavy atom. The van der Waals surface area contributed by atoms with Crippen molar-refractivity contribution in [2.45, 2.75) is 13.0 Å². The van der Waals surface area contributed by atoms with Crippen LogP contribution in [0.5, 0.6) is 11.5 Å². The second-order valence-corrected chi connectivity index (χ2v) is 6.01. The van der Waals surface area contributed by atoms with E-state index >= 15 is 0 Å². The molecule has 0 aliphatic rings. The Labute approximate surface area is 152 Å². The molecule has 1 heterocycles. The topological polar surface area (TPSA) is 56.5 Å². The molecular formula is C19H20N2O3S. The van der Waals surface area contributed by atoms with Gasteiger partial charge in [0.05, 0.1) is 25.6 Å². The largest absolute Gasteiger partial charge is 0.497 e. The van der Waals surface area contributed by atoms with Crippen molar-refractivity contribution < 1.29 is 14.6 Å². The van der Waals surface area contributed by atoms with Gasteiger partial charge in [-0.15, -0.1) is 0 Å². The smallest absolute Gasteiger partial charge is 0.148 e. The second-order valence-electron chi connectivity index (χ2n) is 5.61. The monoisotopic (exact) mass is 356 g/mol. The molecule has 0 spiro atoms. The van der Waals surface area contributed by atoms with Crippen LogP contribution in [-0.2, 0) is 0 Å². The van der Waals surface area contributed by atoms with Crippen molar-refractivity contribution in [3.8, 4) is 34.0 Å². The van der Waals surface area contributed by atoms with Crippen molar-refractivity contribution in [2.75, 3.05) is 14.2 Å². The van der Waals surface area contributed by atoms with Gasteiger partial charge in [0.1, 0.15) is 23.4 Å². The van der Waals surface area contributed by atoms with Crippen LogP contribution in [0.1, 0.15) is 18.9 Å². The number of aromatic nitrogens is 2. The van der Waals surface area contributed by atoms with Gasteiger partial charge in [-0.2, -0.15) is 0 Å². The van der Waals surface area contributed by atoms with Crippen molar-refractivity contribution >= 4 is 12.8 Å². The summed E-state index contributed by atoms with van der Waals surface area (Å²) >= 11 is 4.56. The maximum absolute atomic E-state index is 10.0. The van der Waals surface area contributed by atoms with E-state index in [1.807, 2.05) is 48.5 Å². The Balaban J connectivity index is 2.17. The Morgan fingerprint density at radius 2 is 1.40 bits per heavy atom. The fourth-order valence-corrected chi connectivity index (χ4v) is 3.08. The molecule has 5 nitrogen and oxygen atoms in total. The van der Waals surface area contributed by atoms with E-state index < -0.39 is 6.10 Å². The molecule has 2 aromatic carbocycles. The number of methoxy groups -OCH3 is 2. The second kappa shape index (κ2) is 7.21. The average molecular weight is 356 g/mol. The Kier molecular flexibility index (Phi) is 5.01. The number of rotatable bonds is 5. The fourth-order valence-electron chi connectivity index (χ4n) is 2.66. The van der Waals surface area contributed by atoms with Gasteiger partial charge >= 0.3 is 0 Å². The molecule has 1 atom stereocenters. The molecule has 0 fully saturated rings. The lowest BCUT2D eigenvalue weighted by molar-refractivity contribution is 0.189. The average Bonchev–Trinajstić information content (AvgIpc) is 2.99. The van der Waals surface area contributed by atoms with Gasteiger partial charge in [-0.1, -0.05) is 12.8 Å². The molecular weight excluding hydrogens is 336 g/mol. The van der Waals surface area contributed by atoms with Gasteiger partial charge < -0.3 is 14.6 Å². The molecule has 0 radical (unpaired) electrons. The highest BCUT2D eigenvalue weighted by Gasteiger charge is 2.21. The Bertz CT molecular complexity index is 856. The maximum atomic E-state index is 10.0. The van der Waals surface area contributed by atoms with Crippen LogP contribution < -0.4 is 9.47 Å². The molecule has 1 N–H and O–H groups in total. The van der Waals surface area contributed by atoms with Crippen molar-refractivity contribution in [1.29, 1.82) is 0 Å². The minimum atomic E-state index is -0.735. The van der Waals surface area contributed by atoms with E-state index in [1.54, 1.807) is 25.1 Å². The molecule has 6 heteroatoms. The lowest BCUT2D eigenvalue weighted by Crippen LogP contribution is -1.99. The van der Waals surface area contributed by atoms with Crippen LogP contribution in [0.15, 0.2) is 48.5 Å². The van der Waals surface area contributed by atoms with Crippen LogP contribution in [-0.4, -0.2) is 28.3 Å². The number of nitrogens with zero attached hydrogens (tertiary/aromatic N) is 2. The van der Waals surface area contributed by atoms with Crippen LogP contribution in [0.25, 0.3) is 22.5 Å². The number of ether oxygens (including phenoxy) is 2. The summed E-state index contributed by atoms with van der Waals surface area (Å²) < 4.78 is 12.1. The van der Waals surface area contributed by atoms with E-state index in [2.05, 4.69) is 17.8 Å². The van der Waals surface area contributed by atoms with Crippen molar-refractivity contribution in [3.63, 3.8) is 0 Å². The summed E-state index contributed by atoms with van der Waals surface area (Å²) in [7, 11) is 3.26. The zero-order valence-corrected chi connectivity index (χ0v) is 15.2. The molecule has 130 valence electrons. The highest BCUT2D eigenvalue weighted by Crippen LogP contribution is 2.36. The van der Waals surface area contributed by atoms with Crippen molar-refractivity contribution in [3.05, 3.63) is 54.4 Å². The molecule has 1 aromatic heterocycles. The first-order valence-corrected chi connectivity index (χ1v) is 8.24. The molecule has 0 bridgehead atoms. The Hall–Kier alpha value is -2.44. The Morgan fingerprint density at radius 3 is 1.84 bits per heavy atom. The molecule has 0 saturated heterocycles. The van der Waals surface area contributed by atoms with E-state index in [0.717, 1.165) is 34.0 Å². The third kappa shape index (κ3) is 3.36. The summed E-state index contributed by atoms with van der Waals surface area (Å²) in [5, 5.41) is 10.0. The van der Waals surface area contributed by atoms with Gasteiger partial charge in [-0.05, 0) is 55.5 Å². The van der Waals surface area contributed by atoms with Crippen LogP contribution in [0, 0.1) is 0 Å². The normalized spacial score (nSPS) is 12.0. The highest BCUT2D eigenvalue weighted by atomic mass is 32.1. The van der Waals surface area contributed by atoms with Gasteiger partial charge in [-0.25, -0.2) is 4.98 Å². The van der Waals surface area contributed by atoms with E-state index in [9.17, 15) is 5.11 Å². The van der Waals surface area contributed by atoms with Gasteiger partial charge in [0.2, 0.25) is 0 Å². The maximum Gasteiger partial charge on any atom is 0.148 e. The summed E-state index contributed by atoms with van der Waals surface area (Å²) in [6, 6.07) is 15.3. The summed E-state index contributed by atoms with van der Waals surface area (Å²) in [5.74, 6) is 2.03. The number of aliphatic hydroxyl groups is 1. The minimum absolute atomic E-state index is 0.486. The van der Waals surface area contributed by atoms with Gasteiger partial charge in [0, 0.05) is 11.1 Å². The zero-order chi connectivity index (χ0) is 18.0. The molecule has 3 rings (SSSR count). The lowest BCUT2D eigenvalue weighted by atomic mass is 10.0. The standard InChI is InChI=1S/C19H20N2O3S/c1-12(22)19-20-17(13-4-8-15(23-2)9-5-13)18(21(19)25)14-6-10-16(24-3)11-7-14/h4-12,22,25H,1-3H3. The third-order valence-electron chi connectivity index (χ3n) is 3.98. The first kappa shape index (κ1) is 17.4. The van der Waals surface area contributed by atoms with Crippen molar-refractivity contribution in [1.82, 2.24) is 8.96 Å². The summed E-state index contributed by atoms with van der Waals surface area (Å²) in [6.45, 7) is 1.67. The molecule has 25 heavy (non-hydrogen) atoms. The highest BCUT2D eigenvalue weighted by molar-refractivity contribution is 7.78. The summed E-state index contributed by atoms with van der Waals surface area (Å²) in [4.78, 5) is 4.62. The van der Waals surface area contributed by atoms with E-state index in [0.29, 0.717) is 5.82 Å². The molecule has 0 saturated carbocycles. The first-order chi connectivity index (χ1) is 12.0. The van der Waals surface area contributed by atoms with Crippen LogP contribution in [0.4, 0.5) is 0 Å². The number of thiol groups is 1. The lowest BCUT2D eigenvalue weighted by Gasteiger charge is -2.09. The molecule has 3 aromatic rings. The predicted octanol–water partition coefficient (Wildman–Crippen LogP) is 3.98. The van der Waals surface area contributed by atoms with Crippen molar-refractivity contribution in [2.24, 2.45) is 0 Å². The number of aliphatic hydroxyl groups excluding tert-OH is 1. The van der Waals surface area contributed by atoms with Gasteiger partial charge in [-0.3, -0.25) is 3.97 Å². The van der Waals surface area contributed by atoms with Gasteiger partial charge in [0.25, 0.3) is 0 Å². The summed E-state index contributed by atoms with van der Waals surface area (Å²) in [6.07, 6.45) is -0.735. The quantitative estimate of drug-likeness (QED) is 0.679. The first-order valence-electron chi connectivity index (χ1n) is 7.84. The SMILES string of the molecule is COc1ccc(-c2nc(C(C)O)n(S)c2-c2ccc(OC)cc2)cc1.